The van der Waals surface area contributed by atoms with Gasteiger partial charge in [-0.05, 0) is 28.1 Å². The summed E-state index contributed by atoms with van der Waals surface area (Å²) in [7, 11) is 0. The second-order valence-corrected chi connectivity index (χ2v) is 5.42. The Morgan fingerprint density at radius 3 is 2.59 bits per heavy atom. The van der Waals surface area contributed by atoms with Gasteiger partial charge in [-0.3, -0.25) is 4.79 Å². The van der Waals surface area contributed by atoms with Crippen LogP contribution in [-0.2, 0) is 4.79 Å². The molecule has 0 aliphatic carbocycles. The molecule has 0 fully saturated rings. The lowest BCUT2D eigenvalue weighted by Crippen LogP contribution is -2.32. The van der Waals surface area contributed by atoms with Crippen LogP contribution < -0.4 is 10.6 Å². The van der Waals surface area contributed by atoms with E-state index < -0.39 is 0 Å². The molecule has 0 saturated carbocycles. The van der Waals surface area contributed by atoms with Gasteiger partial charge in [0.2, 0.25) is 5.91 Å². The molecule has 0 spiro atoms. The van der Waals surface area contributed by atoms with Gasteiger partial charge in [0.1, 0.15) is 0 Å². The van der Waals surface area contributed by atoms with E-state index in [2.05, 4.69) is 26.6 Å². The second kappa shape index (κ2) is 6.59. The Bertz CT molecular complexity index is 424. The van der Waals surface area contributed by atoms with Crippen LogP contribution in [0.3, 0.4) is 0 Å². The fraction of sp³-hybridized carbons (Fsp3) is 0.364. The van der Waals surface area contributed by atoms with Crippen molar-refractivity contribution in [2.24, 2.45) is 0 Å². The van der Waals surface area contributed by atoms with E-state index in [0.29, 0.717) is 20.2 Å². The molecule has 0 bridgehead atoms. The zero-order valence-electron chi connectivity index (χ0n) is 9.48. The molecule has 0 atom stereocenters. The summed E-state index contributed by atoms with van der Waals surface area (Å²) in [5, 5.41) is 6.43. The molecule has 94 valence electrons. The highest BCUT2D eigenvalue weighted by molar-refractivity contribution is 9.10. The number of amides is 1. The van der Waals surface area contributed by atoms with Crippen LogP contribution in [0.1, 0.15) is 13.8 Å². The van der Waals surface area contributed by atoms with Gasteiger partial charge in [0.05, 0.1) is 22.3 Å². The largest absolute Gasteiger partial charge is 0.324 e. The van der Waals surface area contributed by atoms with Gasteiger partial charge in [-0.25, -0.2) is 0 Å². The van der Waals surface area contributed by atoms with E-state index >= 15 is 0 Å². The monoisotopic (exact) mass is 338 g/mol. The molecular formula is C11H13BrCl2N2O. The minimum absolute atomic E-state index is 0.154. The highest BCUT2D eigenvalue weighted by Gasteiger charge is 2.11. The minimum Gasteiger partial charge on any atom is -0.324 e. The Morgan fingerprint density at radius 1 is 1.35 bits per heavy atom. The molecule has 1 rings (SSSR count). The summed E-state index contributed by atoms with van der Waals surface area (Å²) >= 11 is 15.2. The number of rotatable bonds is 4. The topological polar surface area (TPSA) is 41.1 Å². The normalized spacial score (nSPS) is 10.7. The summed E-state index contributed by atoms with van der Waals surface area (Å²) in [5.74, 6) is -0.154. The van der Waals surface area contributed by atoms with Gasteiger partial charge in [-0.1, -0.05) is 37.0 Å². The molecule has 0 aliphatic heterocycles. The average molecular weight is 340 g/mol. The van der Waals surface area contributed by atoms with Crippen LogP contribution in [0.2, 0.25) is 10.0 Å². The summed E-state index contributed by atoms with van der Waals surface area (Å²) in [5.41, 5.74) is 0.510. The SMILES string of the molecule is CC(C)NCC(=O)Nc1ccc(Br)c(Cl)c1Cl. The van der Waals surface area contributed by atoms with E-state index in [0.717, 1.165) is 0 Å². The van der Waals surface area contributed by atoms with Crippen molar-refractivity contribution in [1.82, 2.24) is 5.32 Å². The molecule has 17 heavy (non-hydrogen) atoms. The van der Waals surface area contributed by atoms with Crippen LogP contribution in [0.25, 0.3) is 0 Å². The Morgan fingerprint density at radius 2 is 2.00 bits per heavy atom. The first-order valence-electron chi connectivity index (χ1n) is 5.08. The minimum atomic E-state index is -0.154. The molecule has 3 nitrogen and oxygen atoms in total. The van der Waals surface area contributed by atoms with E-state index in [9.17, 15) is 4.79 Å². The number of nitrogens with one attached hydrogen (secondary N) is 2. The number of benzene rings is 1. The summed E-state index contributed by atoms with van der Waals surface area (Å²) in [4.78, 5) is 11.6. The third-order valence-electron chi connectivity index (χ3n) is 1.98. The lowest BCUT2D eigenvalue weighted by molar-refractivity contribution is -0.115. The first-order chi connectivity index (χ1) is 7.91. The molecule has 0 aromatic heterocycles. The highest BCUT2D eigenvalue weighted by atomic mass is 79.9. The Balaban J connectivity index is 2.69. The number of hydrogen-bond donors (Lipinski definition) is 2. The zero-order chi connectivity index (χ0) is 13.0. The molecule has 0 radical (unpaired) electrons. The first-order valence-corrected chi connectivity index (χ1v) is 6.63. The fourth-order valence-electron chi connectivity index (χ4n) is 1.11. The van der Waals surface area contributed by atoms with Crippen LogP contribution in [0, 0.1) is 0 Å². The fourth-order valence-corrected chi connectivity index (χ4v) is 1.94. The van der Waals surface area contributed by atoms with Crippen LogP contribution >= 0.6 is 39.1 Å². The van der Waals surface area contributed by atoms with Crippen molar-refractivity contribution in [3.05, 3.63) is 26.7 Å². The predicted molar refractivity (Wildman–Crippen MR) is 75.9 cm³/mol. The third-order valence-corrected chi connectivity index (χ3v) is 3.75. The molecule has 0 aliphatic rings. The Hall–Kier alpha value is -0.290. The molecule has 1 aromatic carbocycles. The standard InChI is InChI=1S/C11H13BrCl2N2O/c1-6(2)15-5-9(17)16-8-4-3-7(12)10(13)11(8)14/h3-4,6,15H,5H2,1-2H3,(H,16,17). The van der Waals surface area contributed by atoms with Gasteiger partial charge in [0, 0.05) is 10.5 Å². The predicted octanol–water partition coefficient (Wildman–Crippen LogP) is 3.69. The van der Waals surface area contributed by atoms with Crippen molar-refractivity contribution < 1.29 is 4.79 Å². The van der Waals surface area contributed by atoms with Crippen LogP contribution in [0.15, 0.2) is 16.6 Å². The van der Waals surface area contributed by atoms with Crippen LogP contribution in [0.5, 0.6) is 0 Å². The van der Waals surface area contributed by atoms with Gasteiger partial charge in [0.25, 0.3) is 0 Å². The van der Waals surface area contributed by atoms with E-state index in [1.54, 1.807) is 12.1 Å². The average Bonchev–Trinajstić information content (AvgIpc) is 2.27. The molecule has 2 N–H and O–H groups in total. The Labute approximate surface area is 119 Å². The maximum atomic E-state index is 11.6. The molecule has 1 amide bonds. The van der Waals surface area contributed by atoms with Crippen molar-refractivity contribution >= 4 is 50.7 Å². The second-order valence-electron chi connectivity index (χ2n) is 3.81. The summed E-state index contributed by atoms with van der Waals surface area (Å²) in [6, 6.07) is 3.69. The number of hydrogen-bond acceptors (Lipinski definition) is 2. The van der Waals surface area contributed by atoms with Crippen molar-refractivity contribution in [1.29, 1.82) is 0 Å². The van der Waals surface area contributed by atoms with Crippen molar-refractivity contribution in [2.45, 2.75) is 19.9 Å². The quantitative estimate of drug-likeness (QED) is 0.821. The van der Waals surface area contributed by atoms with Gasteiger partial charge in [0.15, 0.2) is 0 Å². The number of halogens is 3. The first kappa shape index (κ1) is 14.8. The summed E-state index contributed by atoms with van der Waals surface area (Å²) in [6.07, 6.45) is 0. The molecule has 0 unspecified atom stereocenters. The van der Waals surface area contributed by atoms with E-state index in [4.69, 9.17) is 23.2 Å². The maximum absolute atomic E-state index is 11.6. The zero-order valence-corrected chi connectivity index (χ0v) is 12.6. The van der Waals surface area contributed by atoms with Crippen molar-refractivity contribution in [2.75, 3.05) is 11.9 Å². The van der Waals surface area contributed by atoms with Crippen molar-refractivity contribution in [3.8, 4) is 0 Å². The molecule has 0 heterocycles. The third kappa shape index (κ3) is 4.47. The number of carbonyl (C=O) groups excluding carboxylic acids is 1. The molecule has 0 saturated heterocycles. The highest BCUT2D eigenvalue weighted by Crippen LogP contribution is 2.35. The van der Waals surface area contributed by atoms with Crippen LogP contribution in [-0.4, -0.2) is 18.5 Å². The lowest BCUT2D eigenvalue weighted by atomic mass is 10.3. The molecular weight excluding hydrogens is 327 g/mol. The van der Waals surface area contributed by atoms with Crippen LogP contribution in [0.4, 0.5) is 5.69 Å². The van der Waals surface area contributed by atoms with E-state index in [1.165, 1.54) is 0 Å². The smallest absolute Gasteiger partial charge is 0.238 e. The van der Waals surface area contributed by atoms with Gasteiger partial charge in [-0.2, -0.15) is 0 Å². The van der Waals surface area contributed by atoms with E-state index in [1.807, 2.05) is 13.8 Å². The summed E-state index contributed by atoms with van der Waals surface area (Å²) in [6.45, 7) is 4.18. The Kier molecular flexibility index (Phi) is 5.73. The van der Waals surface area contributed by atoms with Gasteiger partial charge in [-0.15, -0.1) is 0 Å². The molecule has 1 aromatic rings. The molecule has 6 heteroatoms. The summed E-state index contributed by atoms with van der Waals surface area (Å²) < 4.78 is 0.697. The van der Waals surface area contributed by atoms with Gasteiger partial charge < -0.3 is 10.6 Å². The van der Waals surface area contributed by atoms with Crippen molar-refractivity contribution in [3.63, 3.8) is 0 Å². The number of carbonyl (C=O) groups is 1. The van der Waals surface area contributed by atoms with Gasteiger partial charge >= 0.3 is 0 Å². The number of anilines is 1. The lowest BCUT2D eigenvalue weighted by Gasteiger charge is -2.11. The maximum Gasteiger partial charge on any atom is 0.238 e. The van der Waals surface area contributed by atoms with E-state index in [-0.39, 0.29) is 18.5 Å².